The van der Waals surface area contributed by atoms with Crippen LogP contribution >= 0.6 is 22.9 Å². The molecule has 0 radical (unpaired) electrons. The SMILES string of the molecule is Clc1cc(CCNCc2cccs2)cc2c1OCCO2. The smallest absolute Gasteiger partial charge is 0.179 e. The van der Waals surface area contributed by atoms with E-state index >= 15 is 0 Å². The van der Waals surface area contributed by atoms with E-state index < -0.39 is 0 Å². The second-order valence-electron chi connectivity index (χ2n) is 4.61. The molecule has 0 aliphatic carbocycles. The molecule has 0 saturated heterocycles. The lowest BCUT2D eigenvalue weighted by molar-refractivity contribution is 0.171. The van der Waals surface area contributed by atoms with E-state index in [1.165, 1.54) is 4.88 Å². The Morgan fingerprint density at radius 1 is 1.25 bits per heavy atom. The third kappa shape index (κ3) is 3.26. The average molecular weight is 310 g/mol. The van der Waals surface area contributed by atoms with Crippen LogP contribution in [0.5, 0.6) is 11.5 Å². The van der Waals surface area contributed by atoms with Crippen LogP contribution in [0, 0.1) is 0 Å². The van der Waals surface area contributed by atoms with Gasteiger partial charge in [0.05, 0.1) is 5.02 Å². The molecular weight excluding hydrogens is 294 g/mol. The second kappa shape index (κ2) is 6.48. The summed E-state index contributed by atoms with van der Waals surface area (Å²) in [7, 11) is 0. The van der Waals surface area contributed by atoms with Crippen LogP contribution < -0.4 is 14.8 Å². The lowest BCUT2D eigenvalue weighted by Crippen LogP contribution is -2.17. The quantitative estimate of drug-likeness (QED) is 0.857. The summed E-state index contributed by atoms with van der Waals surface area (Å²) in [5.41, 5.74) is 1.16. The van der Waals surface area contributed by atoms with E-state index in [9.17, 15) is 0 Å². The molecule has 3 rings (SSSR count). The van der Waals surface area contributed by atoms with Gasteiger partial charge < -0.3 is 14.8 Å². The number of nitrogens with one attached hydrogen (secondary N) is 1. The molecule has 20 heavy (non-hydrogen) atoms. The minimum atomic E-state index is 0.564. The van der Waals surface area contributed by atoms with Crippen LogP contribution in [0.4, 0.5) is 0 Å². The molecule has 5 heteroatoms. The molecule has 1 aromatic carbocycles. The summed E-state index contributed by atoms with van der Waals surface area (Å²) >= 11 is 7.99. The van der Waals surface area contributed by atoms with Gasteiger partial charge in [0.25, 0.3) is 0 Å². The molecule has 2 aromatic rings. The summed E-state index contributed by atoms with van der Waals surface area (Å²) < 4.78 is 11.1. The molecule has 1 N–H and O–H groups in total. The lowest BCUT2D eigenvalue weighted by atomic mass is 10.1. The first-order valence-corrected chi connectivity index (χ1v) is 7.90. The normalized spacial score (nSPS) is 13.4. The maximum absolute atomic E-state index is 6.22. The van der Waals surface area contributed by atoms with Gasteiger partial charge in [-0.2, -0.15) is 0 Å². The number of hydrogen-bond acceptors (Lipinski definition) is 4. The van der Waals surface area contributed by atoms with Crippen molar-refractivity contribution < 1.29 is 9.47 Å². The van der Waals surface area contributed by atoms with E-state index in [4.69, 9.17) is 21.1 Å². The lowest BCUT2D eigenvalue weighted by Gasteiger charge is -2.20. The number of rotatable bonds is 5. The molecule has 1 aromatic heterocycles. The third-order valence-corrected chi connectivity index (χ3v) is 4.28. The molecule has 3 nitrogen and oxygen atoms in total. The van der Waals surface area contributed by atoms with E-state index in [1.807, 2.05) is 12.1 Å². The number of thiophene rings is 1. The topological polar surface area (TPSA) is 30.5 Å². The summed E-state index contributed by atoms with van der Waals surface area (Å²) in [5.74, 6) is 1.44. The molecule has 1 aliphatic rings. The summed E-state index contributed by atoms with van der Waals surface area (Å²) in [5, 5.41) is 6.16. The van der Waals surface area contributed by atoms with Crippen LogP contribution in [0.3, 0.4) is 0 Å². The summed E-state index contributed by atoms with van der Waals surface area (Å²) in [6, 6.07) is 8.19. The van der Waals surface area contributed by atoms with Crippen LogP contribution in [0.1, 0.15) is 10.4 Å². The first-order valence-electron chi connectivity index (χ1n) is 6.64. The van der Waals surface area contributed by atoms with Crippen molar-refractivity contribution in [1.29, 1.82) is 0 Å². The summed E-state index contributed by atoms with van der Waals surface area (Å²) in [6.45, 7) is 2.97. The van der Waals surface area contributed by atoms with Gasteiger partial charge in [-0.1, -0.05) is 17.7 Å². The molecule has 0 atom stereocenters. The fourth-order valence-corrected chi connectivity index (χ4v) is 3.13. The summed E-state index contributed by atoms with van der Waals surface area (Å²) in [4.78, 5) is 1.35. The Labute approximate surface area is 127 Å². The number of halogens is 1. The molecule has 0 fully saturated rings. The van der Waals surface area contributed by atoms with Crippen LogP contribution in [0.15, 0.2) is 29.6 Å². The summed E-state index contributed by atoms with van der Waals surface area (Å²) in [6.07, 6.45) is 0.918. The largest absolute Gasteiger partial charge is 0.486 e. The van der Waals surface area contributed by atoms with Crippen molar-refractivity contribution in [2.45, 2.75) is 13.0 Å². The average Bonchev–Trinajstić information content (AvgIpc) is 2.97. The molecule has 0 amide bonds. The molecule has 106 valence electrons. The molecule has 0 saturated carbocycles. The Bertz CT molecular complexity index is 572. The number of ether oxygens (including phenoxy) is 2. The zero-order valence-corrected chi connectivity index (χ0v) is 12.6. The predicted molar refractivity (Wildman–Crippen MR) is 82.2 cm³/mol. The Morgan fingerprint density at radius 3 is 3.00 bits per heavy atom. The molecule has 0 unspecified atom stereocenters. The minimum Gasteiger partial charge on any atom is -0.486 e. The number of fused-ring (bicyclic) bond motifs is 1. The van der Waals surface area contributed by atoms with Crippen molar-refractivity contribution >= 4 is 22.9 Å². The van der Waals surface area contributed by atoms with Crippen molar-refractivity contribution in [3.05, 3.63) is 45.1 Å². The maximum Gasteiger partial charge on any atom is 0.179 e. The van der Waals surface area contributed by atoms with Crippen LogP contribution in [-0.2, 0) is 13.0 Å². The predicted octanol–water partition coefficient (Wildman–Crippen LogP) is 3.51. The molecular formula is C15H16ClNO2S. The first-order chi connectivity index (χ1) is 9.83. The van der Waals surface area contributed by atoms with Gasteiger partial charge in [-0.05, 0) is 42.1 Å². The van der Waals surface area contributed by atoms with Gasteiger partial charge in [0.15, 0.2) is 11.5 Å². The monoisotopic (exact) mass is 309 g/mol. The maximum atomic E-state index is 6.22. The van der Waals surface area contributed by atoms with Crippen molar-refractivity contribution in [3.8, 4) is 11.5 Å². The zero-order chi connectivity index (χ0) is 13.8. The van der Waals surface area contributed by atoms with Crippen LogP contribution in [-0.4, -0.2) is 19.8 Å². The molecule has 0 bridgehead atoms. The van der Waals surface area contributed by atoms with Gasteiger partial charge in [0.2, 0.25) is 0 Å². The number of hydrogen-bond donors (Lipinski definition) is 1. The van der Waals surface area contributed by atoms with Gasteiger partial charge in [0, 0.05) is 11.4 Å². The van der Waals surface area contributed by atoms with Gasteiger partial charge in [-0.25, -0.2) is 0 Å². The van der Waals surface area contributed by atoms with Gasteiger partial charge in [-0.3, -0.25) is 0 Å². The highest BCUT2D eigenvalue weighted by Gasteiger charge is 2.16. The van der Waals surface area contributed by atoms with Crippen molar-refractivity contribution in [1.82, 2.24) is 5.32 Å². The fraction of sp³-hybridized carbons (Fsp3) is 0.333. The Kier molecular flexibility index (Phi) is 4.45. The zero-order valence-electron chi connectivity index (χ0n) is 11.0. The Morgan fingerprint density at radius 2 is 2.15 bits per heavy atom. The standard InChI is InChI=1S/C15H16ClNO2S/c16-13-8-11(9-14-15(13)19-6-5-18-14)3-4-17-10-12-2-1-7-20-12/h1-2,7-9,17H,3-6,10H2. The first kappa shape index (κ1) is 13.7. The molecule has 0 spiro atoms. The Balaban J connectivity index is 1.56. The van der Waals surface area contributed by atoms with E-state index in [2.05, 4.69) is 22.8 Å². The third-order valence-electron chi connectivity index (χ3n) is 3.13. The highest BCUT2D eigenvalue weighted by atomic mass is 35.5. The van der Waals surface area contributed by atoms with E-state index in [-0.39, 0.29) is 0 Å². The van der Waals surface area contributed by atoms with Gasteiger partial charge in [0.1, 0.15) is 13.2 Å². The van der Waals surface area contributed by atoms with Crippen molar-refractivity contribution in [2.24, 2.45) is 0 Å². The van der Waals surface area contributed by atoms with E-state index in [0.29, 0.717) is 24.0 Å². The minimum absolute atomic E-state index is 0.564. The van der Waals surface area contributed by atoms with Gasteiger partial charge >= 0.3 is 0 Å². The van der Waals surface area contributed by atoms with E-state index in [0.717, 1.165) is 30.8 Å². The molecule has 1 aliphatic heterocycles. The second-order valence-corrected chi connectivity index (χ2v) is 6.05. The van der Waals surface area contributed by atoms with Crippen molar-refractivity contribution in [3.63, 3.8) is 0 Å². The van der Waals surface area contributed by atoms with Crippen LogP contribution in [0.2, 0.25) is 5.02 Å². The van der Waals surface area contributed by atoms with Gasteiger partial charge in [-0.15, -0.1) is 11.3 Å². The highest BCUT2D eigenvalue weighted by Crippen LogP contribution is 2.38. The number of benzene rings is 1. The Hall–Kier alpha value is -1.23. The van der Waals surface area contributed by atoms with Crippen molar-refractivity contribution in [2.75, 3.05) is 19.8 Å². The van der Waals surface area contributed by atoms with E-state index in [1.54, 1.807) is 11.3 Å². The molecule has 2 heterocycles. The highest BCUT2D eigenvalue weighted by molar-refractivity contribution is 7.09. The fourth-order valence-electron chi connectivity index (χ4n) is 2.17. The van der Waals surface area contributed by atoms with Crippen LogP contribution in [0.25, 0.3) is 0 Å².